The first-order valence-electron chi connectivity index (χ1n) is 8.09. The lowest BCUT2D eigenvalue weighted by molar-refractivity contribution is 0.604. The third-order valence-electron chi connectivity index (χ3n) is 3.91. The van der Waals surface area contributed by atoms with Crippen molar-refractivity contribution in [2.75, 3.05) is 0 Å². The van der Waals surface area contributed by atoms with Crippen LogP contribution >= 0.6 is 0 Å². The summed E-state index contributed by atoms with van der Waals surface area (Å²) in [5.74, 6) is 0.436. The van der Waals surface area contributed by atoms with E-state index in [0.29, 0.717) is 18.8 Å². The molecule has 3 aromatic heterocycles. The van der Waals surface area contributed by atoms with E-state index in [1.54, 1.807) is 23.1 Å². The van der Waals surface area contributed by atoms with Gasteiger partial charge in [-0.15, -0.1) is 0 Å². The molecule has 0 aliphatic rings. The summed E-state index contributed by atoms with van der Waals surface area (Å²) in [6.07, 6.45) is 8.14. The second-order valence-electron chi connectivity index (χ2n) is 5.67. The molecule has 0 aliphatic heterocycles. The standard InChI is InChI=1S/C18H16FN7/c19-16-9-14(4-5-17(16)26-13-21-12-24-26)10-20-11-15-3-1-6-22-18(15)25-8-2-7-23-25/h1-9,12-13,20H,10-11H2. The fraction of sp³-hybridized carbons (Fsp3) is 0.111. The molecule has 0 amide bonds. The van der Waals surface area contributed by atoms with Crippen LogP contribution in [0.5, 0.6) is 0 Å². The number of rotatable bonds is 6. The zero-order chi connectivity index (χ0) is 17.8. The lowest BCUT2D eigenvalue weighted by Crippen LogP contribution is -2.15. The van der Waals surface area contributed by atoms with Gasteiger partial charge in [-0.3, -0.25) is 0 Å². The Hall–Kier alpha value is -3.39. The van der Waals surface area contributed by atoms with Crippen LogP contribution in [0.25, 0.3) is 11.5 Å². The summed E-state index contributed by atoms with van der Waals surface area (Å²) in [4.78, 5) is 8.22. The molecule has 0 fully saturated rings. The van der Waals surface area contributed by atoms with Crippen molar-refractivity contribution in [2.45, 2.75) is 13.1 Å². The summed E-state index contributed by atoms with van der Waals surface area (Å²) >= 11 is 0. The zero-order valence-electron chi connectivity index (χ0n) is 13.8. The maximum absolute atomic E-state index is 14.3. The van der Waals surface area contributed by atoms with Gasteiger partial charge >= 0.3 is 0 Å². The van der Waals surface area contributed by atoms with Crippen molar-refractivity contribution in [1.82, 2.24) is 34.8 Å². The van der Waals surface area contributed by atoms with Gasteiger partial charge in [-0.1, -0.05) is 12.1 Å². The second kappa shape index (κ2) is 7.24. The Morgan fingerprint density at radius 2 is 1.96 bits per heavy atom. The number of aromatic nitrogens is 6. The van der Waals surface area contributed by atoms with Gasteiger partial charge in [-0.2, -0.15) is 10.2 Å². The topological polar surface area (TPSA) is 73.5 Å². The Morgan fingerprint density at radius 1 is 1.00 bits per heavy atom. The Bertz CT molecular complexity index is 981. The number of benzene rings is 1. The van der Waals surface area contributed by atoms with Gasteiger partial charge < -0.3 is 5.32 Å². The van der Waals surface area contributed by atoms with Gasteiger partial charge in [-0.05, 0) is 29.8 Å². The fourth-order valence-corrected chi connectivity index (χ4v) is 2.69. The molecule has 0 atom stereocenters. The summed E-state index contributed by atoms with van der Waals surface area (Å²) in [6.45, 7) is 1.12. The minimum absolute atomic E-state index is 0.339. The Kier molecular flexibility index (Phi) is 4.48. The van der Waals surface area contributed by atoms with Crippen molar-refractivity contribution in [3.63, 3.8) is 0 Å². The van der Waals surface area contributed by atoms with Gasteiger partial charge in [0, 0.05) is 37.2 Å². The van der Waals surface area contributed by atoms with Gasteiger partial charge in [-0.25, -0.2) is 23.7 Å². The Balaban J connectivity index is 1.44. The van der Waals surface area contributed by atoms with Gasteiger partial charge in [0.25, 0.3) is 0 Å². The predicted octanol–water partition coefficient (Wildman–Crippen LogP) is 2.28. The van der Waals surface area contributed by atoms with Crippen molar-refractivity contribution in [1.29, 1.82) is 0 Å². The number of hydrogen-bond acceptors (Lipinski definition) is 5. The molecule has 0 unspecified atom stereocenters. The van der Waals surface area contributed by atoms with Crippen molar-refractivity contribution in [3.8, 4) is 11.5 Å². The maximum atomic E-state index is 14.3. The predicted molar refractivity (Wildman–Crippen MR) is 93.2 cm³/mol. The van der Waals surface area contributed by atoms with Crippen LogP contribution in [0, 0.1) is 5.82 Å². The molecular weight excluding hydrogens is 333 g/mol. The summed E-state index contributed by atoms with van der Waals surface area (Å²) < 4.78 is 17.4. The Morgan fingerprint density at radius 3 is 2.73 bits per heavy atom. The zero-order valence-corrected chi connectivity index (χ0v) is 13.8. The molecule has 1 aromatic carbocycles. The van der Waals surface area contributed by atoms with E-state index in [9.17, 15) is 4.39 Å². The third kappa shape index (κ3) is 3.35. The highest BCUT2D eigenvalue weighted by atomic mass is 19.1. The van der Waals surface area contributed by atoms with E-state index in [1.165, 1.54) is 23.4 Å². The first-order chi connectivity index (χ1) is 12.8. The first-order valence-corrected chi connectivity index (χ1v) is 8.09. The van der Waals surface area contributed by atoms with Crippen LogP contribution in [0.1, 0.15) is 11.1 Å². The van der Waals surface area contributed by atoms with E-state index in [4.69, 9.17) is 0 Å². The second-order valence-corrected chi connectivity index (χ2v) is 5.67. The van der Waals surface area contributed by atoms with Gasteiger partial charge in [0.05, 0.1) is 0 Å². The highest BCUT2D eigenvalue weighted by Crippen LogP contribution is 2.15. The van der Waals surface area contributed by atoms with E-state index in [0.717, 1.165) is 16.9 Å². The number of nitrogens with zero attached hydrogens (tertiary/aromatic N) is 6. The number of hydrogen-bond donors (Lipinski definition) is 1. The quantitative estimate of drug-likeness (QED) is 0.578. The molecule has 4 rings (SSSR count). The molecule has 1 N–H and O–H groups in total. The molecule has 0 saturated carbocycles. The SMILES string of the molecule is Fc1cc(CNCc2cccnc2-n2cccn2)ccc1-n1cncn1. The monoisotopic (exact) mass is 349 g/mol. The molecule has 3 heterocycles. The summed E-state index contributed by atoms with van der Waals surface area (Å²) in [5, 5.41) is 11.5. The number of halogens is 1. The van der Waals surface area contributed by atoms with E-state index >= 15 is 0 Å². The minimum atomic E-state index is -0.339. The Labute approximate surface area is 149 Å². The summed E-state index contributed by atoms with van der Waals surface area (Å²) in [6, 6.07) is 10.8. The van der Waals surface area contributed by atoms with Crippen LogP contribution < -0.4 is 5.32 Å². The molecule has 0 radical (unpaired) electrons. The summed E-state index contributed by atoms with van der Waals surface area (Å²) in [5.41, 5.74) is 2.23. The van der Waals surface area contributed by atoms with Crippen LogP contribution in [0.3, 0.4) is 0 Å². The molecule has 4 aromatic rings. The van der Waals surface area contributed by atoms with E-state index in [-0.39, 0.29) is 5.82 Å². The van der Waals surface area contributed by atoms with Crippen LogP contribution in [0.4, 0.5) is 4.39 Å². The van der Waals surface area contributed by atoms with E-state index < -0.39 is 0 Å². The number of pyridine rings is 1. The van der Waals surface area contributed by atoms with E-state index in [1.807, 2.05) is 30.5 Å². The average Bonchev–Trinajstić information content (AvgIpc) is 3.36. The average molecular weight is 349 g/mol. The van der Waals surface area contributed by atoms with Gasteiger partial charge in [0.15, 0.2) is 5.82 Å². The van der Waals surface area contributed by atoms with Crippen molar-refractivity contribution in [2.24, 2.45) is 0 Å². The lowest BCUT2D eigenvalue weighted by Gasteiger charge is -2.10. The highest BCUT2D eigenvalue weighted by Gasteiger charge is 2.08. The van der Waals surface area contributed by atoms with Crippen LogP contribution in [-0.2, 0) is 13.1 Å². The number of nitrogens with one attached hydrogen (secondary N) is 1. The molecule has 0 saturated heterocycles. The van der Waals surface area contributed by atoms with Crippen LogP contribution in [0.2, 0.25) is 0 Å². The molecule has 0 spiro atoms. The maximum Gasteiger partial charge on any atom is 0.157 e. The highest BCUT2D eigenvalue weighted by molar-refractivity contribution is 5.36. The lowest BCUT2D eigenvalue weighted by atomic mass is 10.2. The minimum Gasteiger partial charge on any atom is -0.308 e. The van der Waals surface area contributed by atoms with Crippen LogP contribution in [0.15, 0.2) is 67.6 Å². The molecule has 0 aliphatic carbocycles. The first kappa shape index (κ1) is 16.1. The van der Waals surface area contributed by atoms with Gasteiger partial charge in [0.1, 0.15) is 24.2 Å². The molecule has 7 nitrogen and oxygen atoms in total. The summed E-state index contributed by atoms with van der Waals surface area (Å²) in [7, 11) is 0. The largest absolute Gasteiger partial charge is 0.308 e. The van der Waals surface area contributed by atoms with Crippen LogP contribution in [-0.4, -0.2) is 29.5 Å². The fourth-order valence-electron chi connectivity index (χ4n) is 2.69. The molecule has 0 bridgehead atoms. The van der Waals surface area contributed by atoms with E-state index in [2.05, 4.69) is 25.5 Å². The molecule has 8 heteroatoms. The molecule has 26 heavy (non-hydrogen) atoms. The third-order valence-corrected chi connectivity index (χ3v) is 3.91. The molecule has 130 valence electrons. The van der Waals surface area contributed by atoms with Crippen molar-refractivity contribution in [3.05, 3.63) is 84.6 Å². The normalized spacial score (nSPS) is 11.0. The van der Waals surface area contributed by atoms with Crippen molar-refractivity contribution < 1.29 is 4.39 Å². The smallest absolute Gasteiger partial charge is 0.157 e. The molecular formula is C18H16FN7. The van der Waals surface area contributed by atoms with Gasteiger partial charge in [0.2, 0.25) is 0 Å². The van der Waals surface area contributed by atoms with Crippen molar-refractivity contribution >= 4 is 0 Å².